The lowest BCUT2D eigenvalue weighted by molar-refractivity contribution is -0.220. The molecule has 21 heteroatoms. The van der Waals surface area contributed by atoms with Gasteiger partial charge in [0.2, 0.25) is 5.91 Å². The summed E-state index contributed by atoms with van der Waals surface area (Å²) in [7, 11) is 0. The van der Waals surface area contributed by atoms with E-state index in [0.717, 1.165) is 37.9 Å². The number of guanidine groups is 1. The molecule has 1 aliphatic heterocycles. The first kappa shape index (κ1) is 40.8. The summed E-state index contributed by atoms with van der Waals surface area (Å²) in [5.74, 6) is -6.06. The number of alkyl halides is 8. The predicted molar refractivity (Wildman–Crippen MR) is 186 cm³/mol. The maximum atomic E-state index is 15.1. The summed E-state index contributed by atoms with van der Waals surface area (Å²) < 4.78 is 113. The van der Waals surface area contributed by atoms with Crippen LogP contribution in [0.4, 0.5) is 35.1 Å². The third kappa shape index (κ3) is 7.38. The standard InChI is InChI=1S/C35H37ClF8N10O2/c1-18(34(39,40)41)27(55)46-15-25(20-5-8-23(36)22(13-20)26-47-17-49-53(26)29(37)38)52-28(56)33(50-30(52)45,16-31(2,3)35(42,43)44)32(4)11-9-19(10-12-32)24-14-48-54(51-24)21-6-7-21/h5,8-11,13-14,17-18,21,25,29H,6-7,12,15-16H2,1-4H3,(H2,45,50)(H,46,55)/t18-,25+,32?,33-/m0/s1. The number of hydrogen-bond acceptors (Lipinski definition) is 8. The number of hydrogen-bond donors (Lipinski definition) is 2. The highest BCUT2D eigenvalue weighted by molar-refractivity contribution is 6.33. The van der Waals surface area contributed by atoms with Crippen molar-refractivity contribution in [2.75, 3.05) is 6.54 Å². The molecule has 302 valence electrons. The largest absolute Gasteiger partial charge is 0.400 e. The van der Waals surface area contributed by atoms with E-state index in [4.69, 9.17) is 17.3 Å². The van der Waals surface area contributed by atoms with Crippen LogP contribution in [0.1, 0.15) is 83.3 Å². The number of nitrogens with one attached hydrogen (secondary N) is 1. The number of aliphatic imine (C=N–C) groups is 1. The Morgan fingerprint density at radius 2 is 1.82 bits per heavy atom. The van der Waals surface area contributed by atoms with Gasteiger partial charge in [0.15, 0.2) is 17.3 Å². The molecule has 12 nitrogen and oxygen atoms in total. The summed E-state index contributed by atoms with van der Waals surface area (Å²) >= 11 is 6.38. The molecule has 1 saturated carbocycles. The molecule has 3 heterocycles. The van der Waals surface area contributed by atoms with Crippen molar-refractivity contribution in [3.63, 3.8) is 0 Å². The Morgan fingerprint density at radius 3 is 2.41 bits per heavy atom. The fourth-order valence-corrected chi connectivity index (χ4v) is 7.02. The smallest absolute Gasteiger partial charge is 0.369 e. The lowest BCUT2D eigenvalue weighted by atomic mass is 9.60. The number of allylic oxidation sites excluding steroid dienone is 3. The second-order valence-electron chi connectivity index (χ2n) is 15.0. The molecule has 2 aliphatic carbocycles. The molecular formula is C35H37ClF8N10O2. The zero-order valence-corrected chi connectivity index (χ0v) is 31.1. The molecule has 2 aromatic heterocycles. The number of carbonyl (C=O) groups excluding carboxylic acids is 2. The van der Waals surface area contributed by atoms with Gasteiger partial charge in [0, 0.05) is 17.5 Å². The Bertz CT molecular complexity index is 2100. The van der Waals surface area contributed by atoms with Crippen LogP contribution in [0.5, 0.6) is 0 Å². The van der Waals surface area contributed by atoms with Crippen molar-refractivity contribution < 1.29 is 44.7 Å². The van der Waals surface area contributed by atoms with Crippen LogP contribution in [0.25, 0.3) is 17.0 Å². The molecule has 3 aromatic rings. The van der Waals surface area contributed by atoms with Crippen LogP contribution < -0.4 is 11.1 Å². The highest BCUT2D eigenvalue weighted by Gasteiger charge is 2.64. The van der Waals surface area contributed by atoms with Gasteiger partial charge in [-0.3, -0.25) is 14.5 Å². The zero-order chi connectivity index (χ0) is 41.2. The molecule has 3 N–H and O–H groups in total. The lowest BCUT2D eigenvalue weighted by Crippen LogP contribution is -2.57. The summed E-state index contributed by atoms with van der Waals surface area (Å²) in [6.07, 6.45) is -1.64. The van der Waals surface area contributed by atoms with Crippen LogP contribution in [0.3, 0.4) is 0 Å². The maximum Gasteiger partial charge on any atom is 0.400 e. The van der Waals surface area contributed by atoms with Crippen molar-refractivity contribution in [1.29, 1.82) is 0 Å². The SMILES string of the molecule is C[C@@H](C(=O)NC[C@H](c1ccc(Cl)c(-c2ncnn2C(F)F)c1)N1C(=O)[C@@](CC(C)(C)C(F)(F)F)(C2(C)C=CC(c3cnn(C4CC4)n3)=CC2)N=C1N)C(F)(F)F. The highest BCUT2D eigenvalue weighted by atomic mass is 35.5. The number of benzene rings is 1. The number of amides is 2. The van der Waals surface area contributed by atoms with Gasteiger partial charge in [-0.2, -0.15) is 59.9 Å². The Labute approximate surface area is 319 Å². The molecule has 0 saturated heterocycles. The van der Waals surface area contributed by atoms with Gasteiger partial charge in [0.05, 0.1) is 28.7 Å². The Balaban J connectivity index is 1.44. The number of carbonyl (C=O) groups is 2. The molecule has 2 amide bonds. The Morgan fingerprint density at radius 1 is 1.12 bits per heavy atom. The number of rotatable bonds is 12. The molecule has 4 atom stereocenters. The normalized spacial score (nSPS) is 23.0. The van der Waals surface area contributed by atoms with E-state index < -0.39 is 83.8 Å². The van der Waals surface area contributed by atoms with Crippen molar-refractivity contribution in [3.05, 3.63) is 65.2 Å². The molecule has 1 fully saturated rings. The number of halogens is 9. The van der Waals surface area contributed by atoms with E-state index in [1.165, 1.54) is 18.2 Å². The monoisotopic (exact) mass is 816 g/mol. The van der Waals surface area contributed by atoms with E-state index in [2.05, 4.69) is 30.6 Å². The van der Waals surface area contributed by atoms with Crippen molar-refractivity contribution in [2.24, 2.45) is 27.5 Å². The van der Waals surface area contributed by atoms with Gasteiger partial charge >= 0.3 is 18.9 Å². The van der Waals surface area contributed by atoms with E-state index in [1.807, 2.05) is 0 Å². The first-order valence-electron chi connectivity index (χ1n) is 17.4. The average molecular weight is 817 g/mol. The number of nitrogens with two attached hydrogens (primary N) is 1. The minimum Gasteiger partial charge on any atom is -0.369 e. The zero-order valence-electron chi connectivity index (χ0n) is 30.3. The summed E-state index contributed by atoms with van der Waals surface area (Å²) in [4.78, 5) is 38.6. The minimum absolute atomic E-state index is 0.0177. The molecule has 1 aromatic carbocycles. The average Bonchev–Trinajstić information content (AvgIpc) is 3.51. The third-order valence-corrected chi connectivity index (χ3v) is 11.0. The van der Waals surface area contributed by atoms with Gasteiger partial charge < -0.3 is 11.1 Å². The minimum atomic E-state index is -4.95. The van der Waals surface area contributed by atoms with Gasteiger partial charge in [-0.15, -0.1) is 0 Å². The summed E-state index contributed by atoms with van der Waals surface area (Å²) in [6.45, 7) is 0.0380. The van der Waals surface area contributed by atoms with Gasteiger partial charge in [-0.25, -0.2) is 9.98 Å². The molecule has 6 rings (SSSR count). The van der Waals surface area contributed by atoms with Gasteiger partial charge in [-0.05, 0) is 55.9 Å². The summed E-state index contributed by atoms with van der Waals surface area (Å²) in [6, 6.07) is 2.36. The maximum absolute atomic E-state index is 15.1. The van der Waals surface area contributed by atoms with Crippen LogP contribution >= 0.6 is 11.6 Å². The van der Waals surface area contributed by atoms with Crippen LogP contribution in [0.15, 0.2) is 53.9 Å². The van der Waals surface area contributed by atoms with Gasteiger partial charge in [0.1, 0.15) is 17.9 Å². The first-order chi connectivity index (χ1) is 26.0. The van der Waals surface area contributed by atoms with Gasteiger partial charge in [0.25, 0.3) is 5.91 Å². The Kier molecular flexibility index (Phi) is 10.4. The van der Waals surface area contributed by atoms with E-state index in [1.54, 1.807) is 36.1 Å². The predicted octanol–water partition coefficient (Wildman–Crippen LogP) is 7.20. The van der Waals surface area contributed by atoms with Crippen molar-refractivity contribution in [1.82, 2.24) is 40.0 Å². The van der Waals surface area contributed by atoms with E-state index in [-0.39, 0.29) is 33.3 Å². The topological polar surface area (TPSA) is 149 Å². The second kappa shape index (κ2) is 14.3. The molecule has 0 radical (unpaired) electrons. The van der Waals surface area contributed by atoms with Crippen LogP contribution in [0, 0.1) is 16.7 Å². The second-order valence-corrected chi connectivity index (χ2v) is 15.4. The van der Waals surface area contributed by atoms with Gasteiger partial charge in [-0.1, -0.05) is 56.7 Å². The molecular weight excluding hydrogens is 780 g/mol. The third-order valence-electron chi connectivity index (χ3n) is 10.6. The van der Waals surface area contributed by atoms with E-state index >= 15 is 4.79 Å². The van der Waals surface area contributed by atoms with E-state index in [0.29, 0.717) is 18.2 Å². The molecule has 3 aliphatic rings. The molecule has 1 unspecified atom stereocenters. The number of nitrogens with zero attached hydrogens (tertiary/aromatic N) is 8. The van der Waals surface area contributed by atoms with Crippen LogP contribution in [-0.2, 0) is 9.59 Å². The van der Waals surface area contributed by atoms with Crippen LogP contribution in [-0.4, -0.2) is 76.9 Å². The quantitative estimate of drug-likeness (QED) is 0.184. The summed E-state index contributed by atoms with van der Waals surface area (Å²) in [5.41, 5.74) is 1.10. The fourth-order valence-electron chi connectivity index (χ4n) is 6.81. The molecule has 0 spiro atoms. The van der Waals surface area contributed by atoms with E-state index in [9.17, 15) is 39.9 Å². The molecule has 0 bridgehead atoms. The number of aromatic nitrogens is 6. The fraction of sp³-hybridized carbons (Fsp3) is 0.514. The van der Waals surface area contributed by atoms with Crippen molar-refractivity contribution in [3.8, 4) is 11.4 Å². The van der Waals surface area contributed by atoms with Crippen LogP contribution in [0.2, 0.25) is 5.02 Å². The Hall–Kier alpha value is -4.88. The lowest BCUT2D eigenvalue weighted by Gasteiger charge is -2.46. The van der Waals surface area contributed by atoms with Crippen molar-refractivity contribution >= 4 is 34.9 Å². The highest BCUT2D eigenvalue weighted by Crippen LogP contribution is 2.55. The first-order valence-corrected chi connectivity index (χ1v) is 17.8. The molecule has 56 heavy (non-hydrogen) atoms. The van der Waals surface area contributed by atoms with Crippen molar-refractivity contribution in [2.45, 2.75) is 89.9 Å². The summed E-state index contributed by atoms with van der Waals surface area (Å²) in [5, 5.41) is 14.3.